The predicted molar refractivity (Wildman–Crippen MR) is 297 cm³/mol. The van der Waals surface area contributed by atoms with Gasteiger partial charge in [0.05, 0.1) is 55.3 Å². The van der Waals surface area contributed by atoms with Gasteiger partial charge < -0.3 is 47.7 Å². The van der Waals surface area contributed by atoms with Crippen molar-refractivity contribution in [3.8, 4) is 5.69 Å². The number of hydrogen-bond acceptors (Lipinski definition) is 15. The number of halogens is 4. The van der Waals surface area contributed by atoms with Gasteiger partial charge in [-0.05, 0) is 147 Å². The molecule has 2 aromatic heterocycles. The number of methoxy groups -OCH3 is 2. The fraction of sp³-hybridized carbons (Fsp3) is 0.776. The number of ether oxygens (including phenoxy) is 8. The molecule has 17 nitrogen and oxygen atoms in total. The van der Waals surface area contributed by atoms with Gasteiger partial charge in [-0.25, -0.2) is 4.68 Å². The van der Waals surface area contributed by atoms with Crippen LogP contribution in [0.1, 0.15) is 125 Å². The fourth-order valence-corrected chi connectivity index (χ4v) is 14.6. The van der Waals surface area contributed by atoms with Gasteiger partial charge >= 0.3 is 12.1 Å². The maximum atomic E-state index is 14.7. The molecular weight excluding hydrogens is 1080 g/mol. The van der Waals surface area contributed by atoms with Crippen molar-refractivity contribution >= 4 is 45.7 Å². The second-order valence-corrected chi connectivity index (χ2v) is 24.7. The molecule has 5 fully saturated rings. The lowest BCUT2D eigenvalue weighted by atomic mass is 9.66. The number of allylic oxidation sites excluding steroid dienone is 2. The zero-order valence-electron chi connectivity index (χ0n) is 48.4. The first kappa shape index (κ1) is 64.2. The molecule has 1 amide bonds. The van der Waals surface area contributed by atoms with Crippen molar-refractivity contribution in [1.29, 1.82) is 0 Å². The van der Waals surface area contributed by atoms with Crippen LogP contribution in [0.4, 0.5) is 18.9 Å². The summed E-state index contributed by atoms with van der Waals surface area (Å²) in [4.78, 5) is 48.3. The number of esters is 1. The minimum absolute atomic E-state index is 0.00218. The molecule has 3 saturated heterocycles. The van der Waals surface area contributed by atoms with Crippen LogP contribution in [0.5, 0.6) is 0 Å². The van der Waals surface area contributed by atoms with Gasteiger partial charge in [-0.1, -0.05) is 31.5 Å². The molecule has 0 spiro atoms. The third-order valence-corrected chi connectivity index (χ3v) is 19.0. The third kappa shape index (κ3) is 16.1. The van der Waals surface area contributed by atoms with Crippen LogP contribution in [0.15, 0.2) is 42.4 Å². The van der Waals surface area contributed by atoms with E-state index in [-0.39, 0.29) is 121 Å². The third-order valence-electron chi connectivity index (χ3n) is 17.4. The highest BCUT2D eigenvalue weighted by Crippen LogP contribution is 2.57. The SMILES string of the molecule is CCN(C(=O)CCS(=O)CCC(F)(F)F)c1cn(-c2cccnc2)nc1Cl.CCO[C@@H]1[C@@H](OC)[C@H](C)O[C@@H](O[C@@H]2C[C@H]3CC[C@@H]4[C@@H](C=C5C(=O)[C@H](C)[C@@H](O[C@H]6CC[C@H](N(C)C)[C@@H](C)O6)CCC[C@H](CC)OC(=O)C[C@H]54)[C@@H]3C2)[C@@H]1OC. The number of aromatic nitrogens is 3. The van der Waals surface area contributed by atoms with Gasteiger partial charge in [0.25, 0.3) is 0 Å². The summed E-state index contributed by atoms with van der Waals surface area (Å²) < 4.78 is 99.9. The molecular formula is C58H87ClF3N5O12S. The molecule has 3 aliphatic heterocycles. The molecule has 0 bridgehead atoms. The van der Waals surface area contributed by atoms with E-state index in [4.69, 9.17) is 49.5 Å². The number of amides is 1. The zero-order valence-corrected chi connectivity index (χ0v) is 49.9. The molecule has 2 aromatic rings. The van der Waals surface area contributed by atoms with E-state index in [0.29, 0.717) is 35.9 Å². The number of pyridine rings is 1. The van der Waals surface area contributed by atoms with Crippen LogP contribution >= 0.6 is 11.6 Å². The van der Waals surface area contributed by atoms with Gasteiger partial charge in [0.1, 0.15) is 30.1 Å². The van der Waals surface area contributed by atoms with Crippen molar-refractivity contribution < 1.29 is 69.7 Å². The molecule has 8 rings (SSSR count). The lowest BCUT2D eigenvalue weighted by molar-refractivity contribution is -0.317. The van der Waals surface area contributed by atoms with E-state index < -0.39 is 41.5 Å². The number of ketones is 1. The number of carbonyl (C=O) groups is 3. The summed E-state index contributed by atoms with van der Waals surface area (Å²) >= 11 is 6.14. The number of alkyl halides is 3. The van der Waals surface area contributed by atoms with Gasteiger partial charge in [-0.3, -0.25) is 23.6 Å². The Morgan fingerprint density at radius 3 is 2.34 bits per heavy atom. The highest BCUT2D eigenvalue weighted by molar-refractivity contribution is 7.85. The average Bonchev–Trinajstić information content (AvgIpc) is 4.14. The maximum absolute atomic E-state index is 14.7. The Hall–Kier alpha value is -3.38. The minimum atomic E-state index is -4.36. The largest absolute Gasteiger partial charge is 0.462 e. The first-order valence-electron chi connectivity index (χ1n) is 29.0. The minimum Gasteiger partial charge on any atom is -0.462 e. The summed E-state index contributed by atoms with van der Waals surface area (Å²) in [5.41, 5.74) is 1.84. The first-order valence-corrected chi connectivity index (χ1v) is 30.8. The predicted octanol–water partition coefficient (Wildman–Crippen LogP) is 9.47. The zero-order chi connectivity index (χ0) is 58.0. The topological polar surface area (TPSA) is 179 Å². The van der Waals surface area contributed by atoms with Gasteiger partial charge in [0, 0.05) is 80.2 Å². The number of hydrogen-bond donors (Lipinski definition) is 0. The van der Waals surface area contributed by atoms with Crippen LogP contribution in [-0.4, -0.2) is 168 Å². The van der Waals surface area contributed by atoms with Gasteiger partial charge in [-0.2, -0.15) is 18.3 Å². The number of Topliss-reactive ketones (excluding diaryl/α,β-unsaturated/α-hetero) is 1. The maximum Gasteiger partial charge on any atom is 0.390 e. The van der Waals surface area contributed by atoms with E-state index in [2.05, 4.69) is 49.0 Å². The van der Waals surface area contributed by atoms with Gasteiger partial charge in [-0.15, -0.1) is 0 Å². The molecule has 2 saturated carbocycles. The van der Waals surface area contributed by atoms with Crippen molar-refractivity contribution in [2.24, 2.45) is 35.5 Å². The molecule has 3 aliphatic carbocycles. The Morgan fingerprint density at radius 1 is 0.925 bits per heavy atom. The molecule has 0 N–H and O–H groups in total. The van der Waals surface area contributed by atoms with E-state index in [0.717, 1.165) is 69.8 Å². The Kier molecular flexibility index (Phi) is 23.6. The highest BCUT2D eigenvalue weighted by Gasteiger charge is 2.54. The second kappa shape index (κ2) is 29.4. The van der Waals surface area contributed by atoms with Crippen LogP contribution in [0.25, 0.3) is 5.69 Å². The number of anilines is 1. The van der Waals surface area contributed by atoms with Crippen molar-refractivity contribution in [1.82, 2.24) is 19.7 Å². The van der Waals surface area contributed by atoms with Crippen molar-refractivity contribution in [3.05, 3.63) is 47.5 Å². The standard InChI is InChI=1S/C42H69NO10.C16H18ClF3N4O2S/c1-10-27-13-12-14-35(53-37-18-17-34(43(6)7)24(4)49-37)23(3)38(45)33-21-31-29(32(33)22-36(44)51-27)16-15-26-19-28(20-30(26)31)52-42-41(47-9)40(48-11-2)39(46-8)25(5)50-42;1-2-23(14(25)5-8-27(26)9-6-16(18,19)20)13-11-24(22-15(13)17)12-4-3-7-21-10-12/h21,23-32,34-35,37,39-42H,10-20,22H2,1-9H3;3-4,7,10-11H,2,5-6,8-9H2,1H3/t23-,24-,25+,26-,27+,28-,29-,30-,31-,32+,34+,35+,37+,39+,40-,41-,42+;/m1./s1. The summed E-state index contributed by atoms with van der Waals surface area (Å²) in [6.45, 7) is 12.8. The Bertz CT molecular complexity index is 2390. The second-order valence-electron chi connectivity index (χ2n) is 22.7. The van der Waals surface area contributed by atoms with E-state index in [1.165, 1.54) is 9.58 Å². The van der Waals surface area contributed by atoms with Gasteiger partial charge in [0.15, 0.2) is 23.5 Å². The first-order chi connectivity index (χ1) is 38.2. The smallest absolute Gasteiger partial charge is 0.390 e. The molecule has 5 heterocycles. The monoisotopic (exact) mass is 1170 g/mol. The molecule has 22 heteroatoms. The van der Waals surface area contributed by atoms with E-state index in [9.17, 15) is 31.8 Å². The Balaban J connectivity index is 0.000000288. The number of cyclic esters (lactones) is 1. The number of fused-ring (bicyclic) bond motifs is 5. The van der Waals surface area contributed by atoms with Gasteiger partial charge in [0.2, 0.25) is 5.91 Å². The highest BCUT2D eigenvalue weighted by atomic mass is 35.5. The molecule has 80 heavy (non-hydrogen) atoms. The van der Waals surface area contributed by atoms with Crippen LogP contribution in [-0.2, 0) is 63.1 Å². The summed E-state index contributed by atoms with van der Waals surface area (Å²) in [7, 11) is 5.82. The van der Waals surface area contributed by atoms with Crippen LogP contribution in [0.3, 0.4) is 0 Å². The fourth-order valence-electron chi connectivity index (χ4n) is 13.3. The van der Waals surface area contributed by atoms with E-state index >= 15 is 0 Å². The Labute approximate surface area is 478 Å². The lowest BCUT2D eigenvalue weighted by Crippen LogP contribution is -2.60. The number of likely N-dealkylation sites (N-methyl/N-ethyl adjacent to an activating group) is 1. The summed E-state index contributed by atoms with van der Waals surface area (Å²) in [6, 6.07) is 3.84. The van der Waals surface area contributed by atoms with Crippen LogP contribution in [0, 0.1) is 35.5 Å². The van der Waals surface area contributed by atoms with Crippen LogP contribution in [0.2, 0.25) is 5.15 Å². The van der Waals surface area contributed by atoms with Crippen molar-refractivity contribution in [3.63, 3.8) is 0 Å². The number of nitrogens with zero attached hydrogens (tertiary/aromatic N) is 5. The van der Waals surface area contributed by atoms with Crippen LogP contribution < -0.4 is 4.90 Å². The van der Waals surface area contributed by atoms with Crippen molar-refractivity contribution in [2.75, 3.05) is 57.9 Å². The van der Waals surface area contributed by atoms with E-state index in [1.807, 2.05) is 20.8 Å². The summed E-state index contributed by atoms with van der Waals surface area (Å²) in [5, 5.41) is 4.25. The number of carbonyl (C=O) groups excluding carboxylic acids is 3. The normalized spacial score (nSPS) is 34.4. The molecule has 0 radical (unpaired) electrons. The van der Waals surface area contributed by atoms with Crippen molar-refractivity contribution in [2.45, 2.75) is 199 Å². The molecule has 450 valence electrons. The summed E-state index contributed by atoms with van der Waals surface area (Å²) in [6.07, 6.45) is 7.93. The lowest BCUT2D eigenvalue weighted by Gasteiger charge is -2.44. The Morgan fingerprint density at radius 2 is 1.69 bits per heavy atom. The molecule has 1 unspecified atom stereocenters. The molecule has 18 atom stereocenters. The molecule has 6 aliphatic rings. The average molecular weight is 1170 g/mol. The quantitative estimate of drug-likeness (QED) is 0.129. The van der Waals surface area contributed by atoms with E-state index in [1.54, 1.807) is 51.9 Å². The number of rotatable bonds is 18. The summed E-state index contributed by atoms with van der Waals surface area (Å²) in [5.74, 6) is -0.302. The molecule has 0 aromatic carbocycles.